The normalized spacial score (nSPS) is 16.8. The Hall–Kier alpha value is -2.36. The molecule has 2 aromatic rings. The number of nitrogens with one attached hydrogen (secondary N) is 2. The van der Waals surface area contributed by atoms with Crippen LogP contribution in [0.2, 0.25) is 0 Å². The van der Waals surface area contributed by atoms with Crippen molar-refractivity contribution < 1.29 is 9.18 Å². The molecule has 2 aromatic carbocycles. The van der Waals surface area contributed by atoms with Crippen molar-refractivity contribution in [1.29, 1.82) is 0 Å². The number of amides is 1. The quantitative estimate of drug-likeness (QED) is 0.888. The van der Waals surface area contributed by atoms with Gasteiger partial charge in [-0.2, -0.15) is 0 Å². The van der Waals surface area contributed by atoms with Crippen molar-refractivity contribution in [1.82, 2.24) is 0 Å². The van der Waals surface area contributed by atoms with Gasteiger partial charge in [-0.25, -0.2) is 4.39 Å². The number of aryl methyl sites for hydroxylation is 1. The lowest BCUT2D eigenvalue weighted by atomic mass is 9.93. The zero-order valence-electron chi connectivity index (χ0n) is 11.8. The number of fused-ring (bicyclic) bond motifs is 1. The summed E-state index contributed by atoms with van der Waals surface area (Å²) in [5.74, 6) is -0.538. The number of benzene rings is 2. The third kappa shape index (κ3) is 2.89. The highest BCUT2D eigenvalue weighted by atomic mass is 19.1. The number of rotatable bonds is 2. The lowest BCUT2D eigenvalue weighted by molar-refractivity contribution is -0.119. The maximum absolute atomic E-state index is 13.5. The van der Waals surface area contributed by atoms with Crippen molar-refractivity contribution in [2.75, 3.05) is 17.2 Å². The molecule has 3 rings (SSSR count). The van der Waals surface area contributed by atoms with E-state index in [-0.39, 0.29) is 17.6 Å². The zero-order valence-corrected chi connectivity index (χ0v) is 11.8. The largest absolute Gasteiger partial charge is 0.384 e. The van der Waals surface area contributed by atoms with Gasteiger partial charge in [-0.3, -0.25) is 4.79 Å². The molecule has 0 fully saturated rings. The second kappa shape index (κ2) is 5.56. The minimum Gasteiger partial charge on any atom is -0.384 e. The van der Waals surface area contributed by atoms with Crippen LogP contribution in [0.25, 0.3) is 0 Å². The van der Waals surface area contributed by atoms with Crippen LogP contribution in [0.3, 0.4) is 0 Å². The molecule has 2 N–H and O–H groups in total. The van der Waals surface area contributed by atoms with Crippen molar-refractivity contribution in [3.63, 3.8) is 0 Å². The molecule has 3 nitrogen and oxygen atoms in total. The molecule has 0 aromatic heterocycles. The van der Waals surface area contributed by atoms with Crippen LogP contribution in [-0.2, 0) is 11.2 Å². The fourth-order valence-corrected chi connectivity index (χ4v) is 2.54. The first-order valence-electron chi connectivity index (χ1n) is 7.02. The van der Waals surface area contributed by atoms with E-state index in [9.17, 15) is 9.18 Å². The predicted octanol–water partition coefficient (Wildman–Crippen LogP) is 3.36. The maximum Gasteiger partial charge on any atom is 0.229 e. The van der Waals surface area contributed by atoms with Gasteiger partial charge in [0.1, 0.15) is 5.82 Å². The summed E-state index contributed by atoms with van der Waals surface area (Å²) in [5.41, 5.74) is 3.30. The molecule has 108 valence electrons. The van der Waals surface area contributed by atoms with Crippen molar-refractivity contribution in [3.05, 3.63) is 59.4 Å². The number of carbonyl (C=O) groups is 1. The molecule has 0 saturated heterocycles. The smallest absolute Gasteiger partial charge is 0.229 e. The van der Waals surface area contributed by atoms with Gasteiger partial charge in [0.25, 0.3) is 0 Å². The predicted molar refractivity (Wildman–Crippen MR) is 81.9 cm³/mol. The summed E-state index contributed by atoms with van der Waals surface area (Å²) >= 11 is 0. The Bertz CT molecular complexity index is 684. The fourth-order valence-electron chi connectivity index (χ4n) is 2.54. The van der Waals surface area contributed by atoms with Crippen LogP contribution in [0.1, 0.15) is 11.1 Å². The molecule has 0 aliphatic carbocycles. The Kier molecular flexibility index (Phi) is 3.60. The van der Waals surface area contributed by atoms with Crippen molar-refractivity contribution in [2.45, 2.75) is 13.3 Å². The van der Waals surface area contributed by atoms with Gasteiger partial charge in [0.15, 0.2) is 0 Å². The Morgan fingerprint density at radius 2 is 2.10 bits per heavy atom. The molecule has 0 bridgehead atoms. The highest BCUT2D eigenvalue weighted by Gasteiger charge is 2.24. The van der Waals surface area contributed by atoms with Crippen LogP contribution < -0.4 is 10.6 Å². The molecular formula is C17H17FN2O. The molecule has 0 radical (unpaired) electrons. The topological polar surface area (TPSA) is 41.1 Å². The molecule has 1 amide bonds. The number of hydrogen-bond acceptors (Lipinski definition) is 2. The average molecular weight is 284 g/mol. The van der Waals surface area contributed by atoms with Gasteiger partial charge in [-0.15, -0.1) is 0 Å². The minimum atomic E-state index is -0.306. The van der Waals surface area contributed by atoms with E-state index >= 15 is 0 Å². The second-order valence-electron chi connectivity index (χ2n) is 5.39. The highest BCUT2D eigenvalue weighted by molar-refractivity contribution is 5.93. The highest BCUT2D eigenvalue weighted by Crippen LogP contribution is 2.25. The number of anilines is 2. The Labute approximate surface area is 123 Å². The van der Waals surface area contributed by atoms with Gasteiger partial charge in [0.2, 0.25) is 5.91 Å². The Balaban J connectivity index is 1.70. The number of carbonyl (C=O) groups excluding carboxylic acids is 1. The van der Waals surface area contributed by atoms with E-state index in [2.05, 4.69) is 10.6 Å². The van der Waals surface area contributed by atoms with Crippen LogP contribution in [0.4, 0.5) is 15.8 Å². The first kappa shape index (κ1) is 13.6. The number of halogens is 1. The summed E-state index contributed by atoms with van der Waals surface area (Å²) in [5, 5.41) is 6.06. The molecule has 1 atom stereocenters. The first-order valence-corrected chi connectivity index (χ1v) is 7.02. The second-order valence-corrected chi connectivity index (χ2v) is 5.39. The molecule has 1 heterocycles. The van der Waals surface area contributed by atoms with Crippen LogP contribution in [0.15, 0.2) is 42.5 Å². The van der Waals surface area contributed by atoms with Crippen LogP contribution >= 0.6 is 0 Å². The van der Waals surface area contributed by atoms with Crippen molar-refractivity contribution in [3.8, 4) is 0 Å². The van der Waals surface area contributed by atoms with E-state index in [1.807, 2.05) is 24.3 Å². The molecule has 21 heavy (non-hydrogen) atoms. The third-order valence-electron chi connectivity index (χ3n) is 3.83. The molecule has 1 aliphatic heterocycles. The van der Waals surface area contributed by atoms with Gasteiger partial charge in [-0.05, 0) is 42.7 Å². The number of para-hydroxylation sites is 1. The SMILES string of the molecule is Cc1ccc(NC(=O)C2CNc3ccccc3C2)cc1F. The summed E-state index contributed by atoms with van der Waals surface area (Å²) in [6, 6.07) is 12.7. The zero-order chi connectivity index (χ0) is 14.8. The van der Waals surface area contributed by atoms with Crippen molar-refractivity contribution >= 4 is 17.3 Å². The Morgan fingerprint density at radius 1 is 1.29 bits per heavy atom. The van der Waals surface area contributed by atoms with E-state index in [4.69, 9.17) is 0 Å². The summed E-state index contributed by atoms with van der Waals surface area (Å²) in [7, 11) is 0. The molecular weight excluding hydrogens is 267 g/mol. The average Bonchev–Trinajstić information content (AvgIpc) is 2.50. The molecule has 0 spiro atoms. The first-order chi connectivity index (χ1) is 10.1. The summed E-state index contributed by atoms with van der Waals surface area (Å²) in [4.78, 5) is 12.3. The van der Waals surface area contributed by atoms with Gasteiger partial charge >= 0.3 is 0 Å². The molecule has 1 unspecified atom stereocenters. The van der Waals surface area contributed by atoms with E-state index in [0.717, 1.165) is 11.3 Å². The number of hydrogen-bond donors (Lipinski definition) is 2. The summed E-state index contributed by atoms with van der Waals surface area (Å²) in [6.45, 7) is 2.29. The van der Waals surface area contributed by atoms with Gasteiger partial charge < -0.3 is 10.6 Å². The lowest BCUT2D eigenvalue weighted by Crippen LogP contribution is -2.33. The van der Waals surface area contributed by atoms with Crippen LogP contribution in [0.5, 0.6) is 0 Å². The van der Waals surface area contributed by atoms with Crippen molar-refractivity contribution in [2.24, 2.45) is 5.92 Å². The van der Waals surface area contributed by atoms with Crippen LogP contribution in [-0.4, -0.2) is 12.5 Å². The fraction of sp³-hybridized carbons (Fsp3) is 0.235. The van der Waals surface area contributed by atoms with E-state index in [0.29, 0.717) is 24.2 Å². The van der Waals surface area contributed by atoms with Crippen LogP contribution in [0, 0.1) is 18.7 Å². The standard InChI is InChI=1S/C17H17FN2O/c1-11-6-7-14(9-15(11)18)20-17(21)13-8-12-4-2-3-5-16(12)19-10-13/h2-7,9,13,19H,8,10H2,1H3,(H,20,21). The van der Waals surface area contributed by atoms with Gasteiger partial charge in [0, 0.05) is 17.9 Å². The summed E-state index contributed by atoms with van der Waals surface area (Å²) in [6.07, 6.45) is 0.698. The lowest BCUT2D eigenvalue weighted by Gasteiger charge is -2.25. The van der Waals surface area contributed by atoms with Gasteiger partial charge in [-0.1, -0.05) is 24.3 Å². The Morgan fingerprint density at radius 3 is 2.90 bits per heavy atom. The third-order valence-corrected chi connectivity index (χ3v) is 3.83. The molecule has 4 heteroatoms. The van der Waals surface area contributed by atoms with E-state index in [1.54, 1.807) is 19.1 Å². The molecule has 0 saturated carbocycles. The maximum atomic E-state index is 13.5. The monoisotopic (exact) mass is 284 g/mol. The molecule has 1 aliphatic rings. The van der Waals surface area contributed by atoms with E-state index < -0.39 is 0 Å². The minimum absolute atomic E-state index is 0.0831. The van der Waals surface area contributed by atoms with E-state index in [1.165, 1.54) is 6.07 Å². The summed E-state index contributed by atoms with van der Waals surface area (Å²) < 4.78 is 13.5. The van der Waals surface area contributed by atoms with Gasteiger partial charge in [0.05, 0.1) is 5.92 Å².